The van der Waals surface area contributed by atoms with Crippen molar-refractivity contribution in [3.8, 4) is 0 Å². The molecule has 0 radical (unpaired) electrons. The van der Waals surface area contributed by atoms with Gasteiger partial charge in [-0.2, -0.15) is 0 Å². The largest absolute Gasteiger partial charge is 0.480 e. The molecule has 0 spiro atoms. The summed E-state index contributed by atoms with van der Waals surface area (Å²) < 4.78 is 0.687. The van der Waals surface area contributed by atoms with E-state index in [0.29, 0.717) is 0 Å². The van der Waals surface area contributed by atoms with Crippen molar-refractivity contribution in [2.75, 3.05) is 5.73 Å². The molecule has 0 aliphatic heterocycles. The van der Waals surface area contributed by atoms with Crippen LogP contribution in [0.2, 0.25) is 0 Å². The van der Waals surface area contributed by atoms with Gasteiger partial charge in [-0.05, 0) is 15.9 Å². The maximum Gasteiger partial charge on any atom is 0.330 e. The van der Waals surface area contributed by atoms with Crippen LogP contribution >= 0.6 is 15.9 Å². The van der Waals surface area contributed by atoms with Gasteiger partial charge in [0, 0.05) is 0 Å². The number of halogens is 1. The Morgan fingerprint density at radius 2 is 2.14 bits per heavy atom. The summed E-state index contributed by atoms with van der Waals surface area (Å²) in [7, 11) is 0. The van der Waals surface area contributed by atoms with E-state index in [2.05, 4.69) is 15.9 Å². The van der Waals surface area contributed by atoms with Crippen molar-refractivity contribution in [2.24, 2.45) is 0 Å². The van der Waals surface area contributed by atoms with E-state index >= 15 is 0 Å². The fraction of sp³-hybridized carbons (Fsp3) is 0.167. The Hall–Kier alpha value is -1.57. The Morgan fingerprint density at radius 3 is 2.64 bits per heavy atom. The maximum absolute atomic E-state index is 11.1. The van der Waals surface area contributed by atoms with Crippen molar-refractivity contribution < 1.29 is 9.90 Å². The van der Waals surface area contributed by atoms with Gasteiger partial charge in [0.1, 0.15) is 16.8 Å². The lowest BCUT2D eigenvalue weighted by Crippen LogP contribution is -2.34. The average Bonchev–Trinajstić information content (AvgIpc) is 2.09. The summed E-state index contributed by atoms with van der Waals surface area (Å²) in [5.41, 5.74) is 3.83. The number of hydrogen-bond donors (Lipinski definition) is 3. The molecule has 0 bridgehead atoms. The minimum Gasteiger partial charge on any atom is -0.480 e. The fourth-order valence-electron chi connectivity index (χ4n) is 0.856. The van der Waals surface area contributed by atoms with Crippen LogP contribution in [-0.4, -0.2) is 20.6 Å². The van der Waals surface area contributed by atoms with Crippen molar-refractivity contribution >= 4 is 27.7 Å². The van der Waals surface area contributed by atoms with Crippen LogP contribution in [-0.2, 0) is 11.3 Å². The molecular formula is C6H6BrN3O4. The molecule has 0 saturated carbocycles. The average molecular weight is 264 g/mol. The van der Waals surface area contributed by atoms with Gasteiger partial charge >= 0.3 is 11.7 Å². The van der Waals surface area contributed by atoms with E-state index in [1.807, 2.05) is 4.98 Å². The van der Waals surface area contributed by atoms with E-state index in [4.69, 9.17) is 10.8 Å². The van der Waals surface area contributed by atoms with Gasteiger partial charge in [0.15, 0.2) is 0 Å². The molecule has 0 fully saturated rings. The van der Waals surface area contributed by atoms with Gasteiger partial charge < -0.3 is 10.8 Å². The fourth-order valence-corrected chi connectivity index (χ4v) is 1.17. The highest BCUT2D eigenvalue weighted by atomic mass is 79.9. The van der Waals surface area contributed by atoms with E-state index in [1.165, 1.54) is 0 Å². The number of carbonyl (C=O) groups is 1. The summed E-state index contributed by atoms with van der Waals surface area (Å²) in [5, 5.41) is 8.45. The summed E-state index contributed by atoms with van der Waals surface area (Å²) in [6.45, 7) is -0.597. The first-order chi connectivity index (χ1) is 6.43. The highest BCUT2D eigenvalue weighted by Crippen LogP contribution is 2.10. The van der Waals surface area contributed by atoms with Gasteiger partial charge in [0.2, 0.25) is 0 Å². The summed E-state index contributed by atoms with van der Waals surface area (Å²) >= 11 is 2.83. The van der Waals surface area contributed by atoms with E-state index in [0.717, 1.165) is 4.57 Å². The molecule has 14 heavy (non-hydrogen) atoms. The number of rotatable bonds is 2. The second kappa shape index (κ2) is 3.66. The number of aromatic amines is 1. The highest BCUT2D eigenvalue weighted by molar-refractivity contribution is 9.10. The van der Waals surface area contributed by atoms with Gasteiger partial charge in [-0.1, -0.05) is 0 Å². The quantitative estimate of drug-likeness (QED) is 0.630. The number of nitrogens with two attached hydrogens (primary N) is 1. The predicted molar refractivity (Wildman–Crippen MR) is 51.1 cm³/mol. The van der Waals surface area contributed by atoms with Crippen LogP contribution in [0.25, 0.3) is 0 Å². The summed E-state index contributed by atoms with van der Waals surface area (Å²) in [6.07, 6.45) is 0. The molecule has 1 aromatic rings. The zero-order valence-electron chi connectivity index (χ0n) is 6.78. The van der Waals surface area contributed by atoms with Crippen LogP contribution in [0.3, 0.4) is 0 Å². The van der Waals surface area contributed by atoms with Crippen LogP contribution in [0.15, 0.2) is 14.1 Å². The zero-order chi connectivity index (χ0) is 10.9. The SMILES string of the molecule is Nc1c(Br)c(=O)[nH]c(=O)n1CC(=O)O. The Balaban J connectivity index is 3.44. The zero-order valence-corrected chi connectivity index (χ0v) is 8.37. The van der Waals surface area contributed by atoms with Crippen LogP contribution in [0.4, 0.5) is 5.82 Å². The number of nitrogens with one attached hydrogen (secondary N) is 1. The number of nitrogen functional groups attached to an aromatic ring is 1. The molecule has 1 heterocycles. The Bertz CT molecular complexity index is 489. The summed E-state index contributed by atoms with van der Waals surface area (Å²) in [6, 6.07) is 0. The van der Waals surface area contributed by atoms with Crippen molar-refractivity contribution in [1.82, 2.24) is 9.55 Å². The van der Waals surface area contributed by atoms with Crippen LogP contribution in [0, 0.1) is 0 Å². The molecule has 4 N–H and O–H groups in total. The third-order valence-electron chi connectivity index (χ3n) is 1.47. The predicted octanol–water partition coefficient (Wildman–Crippen LogP) is -1.03. The molecule has 0 atom stereocenters. The molecule has 1 rings (SSSR count). The number of hydrogen-bond acceptors (Lipinski definition) is 4. The molecule has 76 valence electrons. The molecular weight excluding hydrogens is 258 g/mol. The Morgan fingerprint density at radius 1 is 1.57 bits per heavy atom. The molecule has 0 aliphatic rings. The minimum absolute atomic E-state index is 0.0571. The van der Waals surface area contributed by atoms with Gasteiger partial charge in [-0.15, -0.1) is 0 Å². The van der Waals surface area contributed by atoms with E-state index < -0.39 is 23.8 Å². The summed E-state index contributed by atoms with van der Waals surface area (Å²) in [4.78, 5) is 34.3. The third kappa shape index (κ3) is 1.84. The number of carboxylic acids is 1. The third-order valence-corrected chi connectivity index (χ3v) is 2.24. The lowest BCUT2D eigenvalue weighted by molar-refractivity contribution is -0.137. The lowest BCUT2D eigenvalue weighted by Gasteiger charge is -2.06. The molecule has 0 unspecified atom stereocenters. The number of anilines is 1. The first-order valence-electron chi connectivity index (χ1n) is 3.43. The molecule has 0 saturated heterocycles. The first-order valence-corrected chi connectivity index (χ1v) is 4.22. The van der Waals surface area contributed by atoms with Crippen LogP contribution in [0.5, 0.6) is 0 Å². The van der Waals surface area contributed by atoms with Crippen molar-refractivity contribution in [3.05, 3.63) is 25.3 Å². The highest BCUT2D eigenvalue weighted by Gasteiger charge is 2.11. The van der Waals surface area contributed by atoms with Crippen LogP contribution < -0.4 is 17.0 Å². The Labute approximate surface area is 85.3 Å². The number of aromatic nitrogens is 2. The normalized spacial score (nSPS) is 10.1. The number of nitrogens with zero attached hydrogens (tertiary/aromatic N) is 1. The second-order valence-electron chi connectivity index (χ2n) is 2.44. The lowest BCUT2D eigenvalue weighted by atomic mass is 10.5. The number of H-pyrrole nitrogens is 1. The maximum atomic E-state index is 11.1. The molecule has 7 nitrogen and oxygen atoms in total. The molecule has 0 aliphatic carbocycles. The van der Waals surface area contributed by atoms with Gasteiger partial charge in [-0.25, -0.2) is 4.79 Å². The second-order valence-corrected chi connectivity index (χ2v) is 3.23. The van der Waals surface area contributed by atoms with E-state index in [9.17, 15) is 14.4 Å². The monoisotopic (exact) mass is 263 g/mol. The molecule has 0 amide bonds. The standard InChI is InChI=1S/C6H6BrN3O4/c7-3-4(8)10(1-2(11)12)6(14)9-5(3)13/h1,8H2,(H,11,12)(H,9,13,14). The van der Waals surface area contributed by atoms with Gasteiger partial charge in [0.25, 0.3) is 5.56 Å². The van der Waals surface area contributed by atoms with E-state index in [-0.39, 0.29) is 10.3 Å². The minimum atomic E-state index is -1.22. The molecule has 1 aromatic heterocycles. The molecule has 0 aromatic carbocycles. The topological polar surface area (TPSA) is 118 Å². The van der Waals surface area contributed by atoms with Gasteiger partial charge in [0.05, 0.1) is 0 Å². The first kappa shape index (κ1) is 10.5. The van der Waals surface area contributed by atoms with Crippen LogP contribution in [0.1, 0.15) is 0 Å². The Kier molecular flexibility index (Phi) is 2.75. The number of aliphatic carboxylic acids is 1. The summed E-state index contributed by atoms with van der Waals surface area (Å²) in [5.74, 6) is -1.43. The molecule has 8 heteroatoms. The smallest absolute Gasteiger partial charge is 0.330 e. The van der Waals surface area contributed by atoms with Crippen molar-refractivity contribution in [1.29, 1.82) is 0 Å². The van der Waals surface area contributed by atoms with Crippen molar-refractivity contribution in [2.45, 2.75) is 6.54 Å². The van der Waals surface area contributed by atoms with E-state index in [1.54, 1.807) is 0 Å². The van der Waals surface area contributed by atoms with Gasteiger partial charge in [-0.3, -0.25) is 19.1 Å². The number of carboxylic acid groups (broad SMARTS) is 1. The van der Waals surface area contributed by atoms with Crippen molar-refractivity contribution in [3.63, 3.8) is 0 Å².